The Morgan fingerprint density at radius 1 is 1.10 bits per heavy atom. The molecule has 7 heteroatoms. The molecule has 1 aliphatic heterocycles. The minimum absolute atomic E-state index is 0.159. The Labute approximate surface area is 175 Å². The molecule has 5 rings (SSSR count). The van der Waals surface area contributed by atoms with Crippen LogP contribution in [-0.4, -0.2) is 36.3 Å². The highest BCUT2D eigenvalue weighted by atomic mass is 15.3. The number of rotatable bonds is 5. The van der Waals surface area contributed by atoms with E-state index in [1.807, 2.05) is 42.9 Å². The quantitative estimate of drug-likeness (QED) is 0.499. The number of hydrogen-bond donors (Lipinski definition) is 0. The zero-order valence-corrected chi connectivity index (χ0v) is 17.3. The summed E-state index contributed by atoms with van der Waals surface area (Å²) in [5.41, 5.74) is 1.86. The van der Waals surface area contributed by atoms with Crippen LogP contribution in [0.4, 0.5) is 5.82 Å². The van der Waals surface area contributed by atoms with Crippen LogP contribution < -0.4 is 4.90 Å². The highest BCUT2D eigenvalue weighted by Crippen LogP contribution is 2.38. The minimum atomic E-state index is 0.159. The molecule has 3 aromatic heterocycles. The molecule has 0 aliphatic carbocycles. The number of aromatic nitrogens is 6. The maximum absolute atomic E-state index is 5.02. The molecule has 30 heavy (non-hydrogen) atoms. The lowest BCUT2D eigenvalue weighted by molar-refractivity contribution is 0.487. The molecule has 1 saturated heterocycles. The average Bonchev–Trinajstić information content (AvgIpc) is 3.42. The second-order valence-electron chi connectivity index (χ2n) is 8.22. The highest BCUT2D eigenvalue weighted by molar-refractivity contribution is 5.91. The summed E-state index contributed by atoms with van der Waals surface area (Å²) in [6.07, 6.45) is 7.57. The first-order chi connectivity index (χ1) is 14.7. The molecule has 0 saturated carbocycles. The molecular formula is C23H25N7. The van der Waals surface area contributed by atoms with E-state index in [0.717, 1.165) is 54.0 Å². The number of anilines is 1. The Hall–Kier alpha value is -3.35. The Morgan fingerprint density at radius 3 is 2.83 bits per heavy atom. The van der Waals surface area contributed by atoms with Crippen molar-refractivity contribution in [3.63, 3.8) is 0 Å². The zero-order chi connectivity index (χ0) is 20.5. The molecule has 1 aromatic carbocycles. The maximum Gasteiger partial charge on any atom is 0.163 e. The van der Waals surface area contributed by atoms with Gasteiger partial charge in [0.2, 0.25) is 0 Å². The van der Waals surface area contributed by atoms with Gasteiger partial charge in [-0.05, 0) is 43.0 Å². The van der Waals surface area contributed by atoms with Gasteiger partial charge in [0.25, 0.3) is 0 Å². The molecule has 7 nitrogen and oxygen atoms in total. The maximum atomic E-state index is 5.02. The number of para-hydroxylation sites is 1. The first kappa shape index (κ1) is 18.7. The van der Waals surface area contributed by atoms with Crippen molar-refractivity contribution in [1.29, 1.82) is 0 Å². The Bertz CT molecular complexity index is 1150. The van der Waals surface area contributed by atoms with Crippen LogP contribution in [0.2, 0.25) is 0 Å². The Kier molecular flexibility index (Phi) is 4.86. The van der Waals surface area contributed by atoms with Gasteiger partial charge in [0.1, 0.15) is 12.1 Å². The van der Waals surface area contributed by atoms with E-state index in [4.69, 9.17) is 9.97 Å². The molecular weight excluding hydrogens is 374 g/mol. The van der Waals surface area contributed by atoms with Crippen LogP contribution in [0, 0.1) is 5.92 Å². The summed E-state index contributed by atoms with van der Waals surface area (Å²) in [6.45, 7) is 6.29. The number of benzene rings is 1. The van der Waals surface area contributed by atoms with E-state index in [0.29, 0.717) is 11.7 Å². The lowest BCUT2D eigenvalue weighted by Crippen LogP contribution is -2.27. The van der Waals surface area contributed by atoms with Gasteiger partial charge in [-0.3, -0.25) is 4.98 Å². The van der Waals surface area contributed by atoms with Gasteiger partial charge in [0, 0.05) is 36.4 Å². The third-order valence-corrected chi connectivity index (χ3v) is 5.53. The van der Waals surface area contributed by atoms with Crippen LogP contribution in [0.5, 0.6) is 0 Å². The van der Waals surface area contributed by atoms with Gasteiger partial charge in [-0.15, -0.1) is 10.2 Å². The number of hydrogen-bond acceptors (Lipinski definition) is 6. The fraction of sp³-hybridized carbons (Fsp3) is 0.348. The predicted molar refractivity (Wildman–Crippen MR) is 117 cm³/mol. The van der Waals surface area contributed by atoms with Crippen molar-refractivity contribution in [2.75, 3.05) is 11.4 Å². The fourth-order valence-electron chi connectivity index (χ4n) is 4.25. The molecule has 0 amide bonds. The first-order valence-corrected chi connectivity index (χ1v) is 10.5. The fourth-order valence-corrected chi connectivity index (χ4v) is 4.25. The van der Waals surface area contributed by atoms with Gasteiger partial charge in [-0.1, -0.05) is 26.0 Å². The second-order valence-corrected chi connectivity index (χ2v) is 8.22. The Morgan fingerprint density at radius 2 is 2.00 bits per heavy atom. The van der Waals surface area contributed by atoms with Gasteiger partial charge in [0.15, 0.2) is 11.6 Å². The van der Waals surface area contributed by atoms with E-state index in [2.05, 4.69) is 44.6 Å². The molecule has 1 unspecified atom stereocenters. The topological polar surface area (TPSA) is 72.6 Å². The summed E-state index contributed by atoms with van der Waals surface area (Å²) in [5, 5.41) is 9.79. The lowest BCUT2D eigenvalue weighted by Gasteiger charge is -2.27. The smallest absolute Gasteiger partial charge is 0.163 e. The van der Waals surface area contributed by atoms with Crippen LogP contribution in [0.1, 0.15) is 38.6 Å². The van der Waals surface area contributed by atoms with E-state index in [9.17, 15) is 0 Å². The average molecular weight is 400 g/mol. The molecule has 4 heterocycles. The van der Waals surface area contributed by atoms with Gasteiger partial charge in [-0.25, -0.2) is 9.97 Å². The normalized spacial score (nSPS) is 16.6. The van der Waals surface area contributed by atoms with Gasteiger partial charge >= 0.3 is 0 Å². The van der Waals surface area contributed by atoms with Crippen molar-refractivity contribution in [3.05, 3.63) is 60.9 Å². The largest absolute Gasteiger partial charge is 0.346 e. The van der Waals surface area contributed by atoms with Gasteiger partial charge in [0.05, 0.1) is 11.6 Å². The lowest BCUT2D eigenvalue weighted by atomic mass is 10.1. The molecule has 0 N–H and O–H groups in total. The molecule has 1 aliphatic rings. The van der Waals surface area contributed by atoms with Crippen molar-refractivity contribution >= 4 is 16.7 Å². The van der Waals surface area contributed by atoms with Crippen molar-refractivity contribution in [1.82, 2.24) is 29.7 Å². The minimum Gasteiger partial charge on any atom is -0.346 e. The van der Waals surface area contributed by atoms with Gasteiger partial charge < -0.3 is 9.47 Å². The van der Waals surface area contributed by atoms with Crippen LogP contribution in [0.15, 0.2) is 55.1 Å². The summed E-state index contributed by atoms with van der Waals surface area (Å²) in [4.78, 5) is 16.5. The van der Waals surface area contributed by atoms with Crippen molar-refractivity contribution < 1.29 is 0 Å². The molecule has 152 valence electrons. The molecule has 1 fully saturated rings. The molecule has 0 bridgehead atoms. The van der Waals surface area contributed by atoms with E-state index in [1.165, 1.54) is 0 Å². The zero-order valence-electron chi connectivity index (χ0n) is 17.3. The predicted octanol–water partition coefficient (Wildman–Crippen LogP) is 4.28. The van der Waals surface area contributed by atoms with Crippen molar-refractivity contribution in [2.45, 2.75) is 39.3 Å². The molecule has 0 radical (unpaired) electrons. The van der Waals surface area contributed by atoms with Crippen LogP contribution in [0.3, 0.4) is 0 Å². The van der Waals surface area contributed by atoms with Gasteiger partial charge in [-0.2, -0.15) is 0 Å². The van der Waals surface area contributed by atoms with Crippen molar-refractivity contribution in [2.24, 2.45) is 5.92 Å². The van der Waals surface area contributed by atoms with E-state index in [1.54, 1.807) is 6.20 Å². The number of fused-ring (bicyclic) bond motifs is 1. The van der Waals surface area contributed by atoms with Crippen LogP contribution >= 0.6 is 0 Å². The molecule has 0 spiro atoms. The molecule has 4 aromatic rings. The summed E-state index contributed by atoms with van der Waals surface area (Å²) in [5.74, 6) is 3.21. The van der Waals surface area contributed by atoms with Crippen molar-refractivity contribution in [3.8, 4) is 11.4 Å². The standard InChI is InChI=1S/C23H25N7/c1-16(2)14-29-15-25-28-23(29)20-10-6-12-30(20)22-18-8-3-4-9-19(18)26-21(27-22)17-7-5-11-24-13-17/h3-5,7-9,11,13,15-16,20H,6,10,12,14H2,1-2H3. The summed E-state index contributed by atoms with van der Waals surface area (Å²) in [6, 6.07) is 12.3. The SMILES string of the molecule is CC(C)Cn1cnnc1C1CCCN1c1nc(-c2cccnc2)nc2ccccc12. The summed E-state index contributed by atoms with van der Waals surface area (Å²) in [7, 11) is 0. The summed E-state index contributed by atoms with van der Waals surface area (Å²) >= 11 is 0. The monoisotopic (exact) mass is 399 g/mol. The third-order valence-electron chi connectivity index (χ3n) is 5.53. The third kappa shape index (κ3) is 3.40. The number of nitrogens with zero attached hydrogens (tertiary/aromatic N) is 7. The second kappa shape index (κ2) is 7.82. The Balaban J connectivity index is 1.62. The highest BCUT2D eigenvalue weighted by Gasteiger charge is 2.32. The van der Waals surface area contributed by atoms with E-state index in [-0.39, 0.29) is 6.04 Å². The summed E-state index contributed by atoms with van der Waals surface area (Å²) < 4.78 is 2.19. The first-order valence-electron chi connectivity index (χ1n) is 10.5. The van der Waals surface area contributed by atoms with E-state index >= 15 is 0 Å². The number of pyridine rings is 1. The van der Waals surface area contributed by atoms with E-state index < -0.39 is 0 Å². The van der Waals surface area contributed by atoms with Crippen LogP contribution in [0.25, 0.3) is 22.3 Å². The van der Waals surface area contributed by atoms with Crippen LogP contribution in [-0.2, 0) is 6.54 Å². The molecule has 1 atom stereocenters.